The van der Waals surface area contributed by atoms with Crippen molar-refractivity contribution in [3.63, 3.8) is 0 Å². The molecule has 2 aromatic heterocycles. The van der Waals surface area contributed by atoms with Gasteiger partial charge < -0.3 is 9.47 Å². The van der Waals surface area contributed by atoms with Crippen molar-refractivity contribution in [2.45, 2.75) is 27.1 Å². The lowest BCUT2D eigenvalue weighted by Gasteiger charge is -2.04. The van der Waals surface area contributed by atoms with Gasteiger partial charge in [0.15, 0.2) is 0 Å². The molecular formula is C21H20N2O3S. The van der Waals surface area contributed by atoms with Gasteiger partial charge in [-0.1, -0.05) is 17.7 Å². The van der Waals surface area contributed by atoms with E-state index in [4.69, 9.17) is 9.47 Å². The smallest absolute Gasteiger partial charge is 0.331 e. The molecule has 0 spiro atoms. The number of nitrogens with zero attached hydrogens (tertiary/aromatic N) is 2. The molecule has 1 aromatic carbocycles. The SMILES string of the molecule is Cc1ccc(OCc2nc(COC(=O)/C=C/c3cnccc3C)cs2)cc1. The summed E-state index contributed by atoms with van der Waals surface area (Å²) in [5.74, 6) is 0.392. The minimum Gasteiger partial charge on any atom is -0.486 e. The maximum absolute atomic E-state index is 11.9. The van der Waals surface area contributed by atoms with E-state index in [2.05, 4.69) is 9.97 Å². The van der Waals surface area contributed by atoms with Gasteiger partial charge in [0.25, 0.3) is 0 Å². The standard InChI is InChI=1S/C21H20N2O3S/c1-15-3-6-19(7-4-15)25-13-20-23-18(14-27-20)12-26-21(24)8-5-17-11-22-10-9-16(17)2/h3-11,14H,12-13H2,1-2H3/b8-5+. The normalized spacial score (nSPS) is 10.9. The molecule has 0 radical (unpaired) electrons. The Kier molecular flexibility index (Phi) is 6.33. The highest BCUT2D eigenvalue weighted by molar-refractivity contribution is 7.09. The average molecular weight is 380 g/mol. The number of esters is 1. The van der Waals surface area contributed by atoms with Crippen LogP contribution in [0.3, 0.4) is 0 Å². The number of rotatable bonds is 7. The summed E-state index contributed by atoms with van der Waals surface area (Å²) in [5, 5.41) is 2.71. The molecule has 3 rings (SSSR count). The molecule has 0 fully saturated rings. The Hall–Kier alpha value is -2.99. The van der Waals surface area contributed by atoms with Gasteiger partial charge in [0.05, 0.1) is 5.69 Å². The summed E-state index contributed by atoms with van der Waals surface area (Å²) in [4.78, 5) is 20.3. The molecule has 0 saturated heterocycles. The van der Waals surface area contributed by atoms with Gasteiger partial charge in [-0.05, 0) is 49.2 Å². The van der Waals surface area contributed by atoms with Crippen LogP contribution in [0.1, 0.15) is 27.4 Å². The van der Waals surface area contributed by atoms with Crippen LogP contribution in [0.4, 0.5) is 0 Å². The van der Waals surface area contributed by atoms with Gasteiger partial charge >= 0.3 is 5.97 Å². The largest absolute Gasteiger partial charge is 0.486 e. The fourth-order valence-electron chi connectivity index (χ4n) is 2.26. The molecule has 5 nitrogen and oxygen atoms in total. The van der Waals surface area contributed by atoms with E-state index in [1.807, 2.05) is 49.6 Å². The van der Waals surface area contributed by atoms with Gasteiger partial charge in [0.2, 0.25) is 0 Å². The van der Waals surface area contributed by atoms with Crippen molar-refractivity contribution >= 4 is 23.4 Å². The summed E-state index contributed by atoms with van der Waals surface area (Å²) in [7, 11) is 0. The van der Waals surface area contributed by atoms with Crippen LogP contribution in [-0.2, 0) is 22.7 Å². The zero-order valence-corrected chi connectivity index (χ0v) is 16.0. The molecule has 0 bridgehead atoms. The van der Waals surface area contributed by atoms with E-state index in [0.29, 0.717) is 12.3 Å². The lowest BCUT2D eigenvalue weighted by Crippen LogP contribution is -2.02. The third-order valence-corrected chi connectivity index (χ3v) is 4.69. The minimum absolute atomic E-state index is 0.135. The van der Waals surface area contributed by atoms with Crippen LogP contribution in [0.25, 0.3) is 6.08 Å². The summed E-state index contributed by atoms with van der Waals surface area (Å²) in [6.45, 7) is 4.52. The zero-order chi connectivity index (χ0) is 19.1. The van der Waals surface area contributed by atoms with Gasteiger partial charge in [-0.2, -0.15) is 0 Å². The topological polar surface area (TPSA) is 61.3 Å². The Bertz CT molecular complexity index is 933. The number of hydrogen-bond donors (Lipinski definition) is 0. The second-order valence-electron chi connectivity index (χ2n) is 6.01. The summed E-state index contributed by atoms with van der Waals surface area (Å²) in [6.07, 6.45) is 6.53. The summed E-state index contributed by atoms with van der Waals surface area (Å²) >= 11 is 1.48. The second kappa shape index (κ2) is 9.09. The second-order valence-corrected chi connectivity index (χ2v) is 6.95. The Balaban J connectivity index is 1.47. The minimum atomic E-state index is -0.413. The molecule has 138 valence electrons. The van der Waals surface area contributed by atoms with Crippen LogP contribution in [0.15, 0.2) is 54.2 Å². The molecule has 6 heteroatoms. The number of pyridine rings is 1. The first-order valence-corrected chi connectivity index (χ1v) is 9.36. The van der Waals surface area contributed by atoms with E-state index in [9.17, 15) is 4.79 Å². The Labute approximate surface area is 162 Å². The molecule has 0 aliphatic carbocycles. The van der Waals surface area contributed by atoms with Crippen molar-refractivity contribution in [1.82, 2.24) is 9.97 Å². The van der Waals surface area contributed by atoms with Crippen molar-refractivity contribution in [2.75, 3.05) is 0 Å². The van der Waals surface area contributed by atoms with E-state index in [-0.39, 0.29) is 6.61 Å². The maximum atomic E-state index is 11.9. The van der Waals surface area contributed by atoms with Crippen molar-refractivity contribution in [3.05, 3.63) is 81.6 Å². The summed E-state index contributed by atoms with van der Waals surface area (Å²) in [5.41, 5.74) is 3.83. The van der Waals surface area contributed by atoms with Gasteiger partial charge in [-0.3, -0.25) is 4.98 Å². The highest BCUT2D eigenvalue weighted by atomic mass is 32.1. The molecule has 0 saturated carbocycles. The first-order chi connectivity index (χ1) is 13.1. The fourth-order valence-corrected chi connectivity index (χ4v) is 2.95. The van der Waals surface area contributed by atoms with Crippen LogP contribution in [0.2, 0.25) is 0 Å². The predicted molar refractivity (Wildman–Crippen MR) is 105 cm³/mol. The average Bonchev–Trinajstić information content (AvgIpc) is 3.13. The molecule has 0 aliphatic heterocycles. The number of carbonyl (C=O) groups is 1. The fraction of sp³-hybridized carbons (Fsp3) is 0.190. The van der Waals surface area contributed by atoms with Gasteiger partial charge in [-0.25, -0.2) is 9.78 Å². The molecule has 0 aliphatic rings. The number of aryl methyl sites for hydroxylation is 2. The van der Waals surface area contributed by atoms with Crippen molar-refractivity contribution in [2.24, 2.45) is 0 Å². The first kappa shape index (κ1) is 18.8. The monoisotopic (exact) mass is 380 g/mol. The molecule has 0 unspecified atom stereocenters. The van der Waals surface area contributed by atoms with E-state index < -0.39 is 5.97 Å². The third-order valence-electron chi connectivity index (χ3n) is 3.82. The first-order valence-electron chi connectivity index (χ1n) is 8.48. The number of carbonyl (C=O) groups excluding carboxylic acids is 1. The van der Waals surface area contributed by atoms with Crippen molar-refractivity contribution in [3.8, 4) is 5.75 Å². The number of hydrogen-bond acceptors (Lipinski definition) is 6. The summed E-state index contributed by atoms with van der Waals surface area (Å²) < 4.78 is 10.9. The highest BCUT2D eigenvalue weighted by Crippen LogP contribution is 2.16. The molecule has 0 N–H and O–H groups in total. The number of ether oxygens (including phenoxy) is 2. The molecule has 0 amide bonds. The third kappa shape index (κ3) is 5.76. The quantitative estimate of drug-likeness (QED) is 0.446. The lowest BCUT2D eigenvalue weighted by atomic mass is 10.1. The Morgan fingerprint density at radius 1 is 1.15 bits per heavy atom. The predicted octanol–water partition coefficient (Wildman–Crippen LogP) is 4.49. The lowest BCUT2D eigenvalue weighted by molar-refractivity contribution is -0.139. The molecule has 2 heterocycles. The maximum Gasteiger partial charge on any atom is 0.331 e. The van der Waals surface area contributed by atoms with Crippen molar-refractivity contribution in [1.29, 1.82) is 0 Å². The molecule has 0 atom stereocenters. The Morgan fingerprint density at radius 3 is 2.74 bits per heavy atom. The highest BCUT2D eigenvalue weighted by Gasteiger charge is 2.06. The van der Waals surface area contributed by atoms with Gasteiger partial charge in [0.1, 0.15) is 24.0 Å². The van der Waals surface area contributed by atoms with Crippen LogP contribution in [0, 0.1) is 13.8 Å². The van der Waals surface area contributed by atoms with Crippen LogP contribution in [-0.4, -0.2) is 15.9 Å². The summed E-state index contributed by atoms with van der Waals surface area (Å²) in [6, 6.07) is 9.76. The number of thiazole rings is 1. The van der Waals surface area contributed by atoms with Crippen LogP contribution >= 0.6 is 11.3 Å². The Morgan fingerprint density at radius 2 is 1.96 bits per heavy atom. The zero-order valence-electron chi connectivity index (χ0n) is 15.2. The van der Waals surface area contributed by atoms with Crippen LogP contribution in [0.5, 0.6) is 5.75 Å². The number of aromatic nitrogens is 2. The van der Waals surface area contributed by atoms with E-state index >= 15 is 0 Å². The van der Waals surface area contributed by atoms with Crippen molar-refractivity contribution < 1.29 is 14.3 Å². The van der Waals surface area contributed by atoms with E-state index in [1.54, 1.807) is 18.5 Å². The molecular weight excluding hydrogens is 360 g/mol. The van der Waals surface area contributed by atoms with E-state index in [1.165, 1.54) is 23.0 Å². The van der Waals surface area contributed by atoms with E-state index in [0.717, 1.165) is 21.9 Å². The van der Waals surface area contributed by atoms with Gasteiger partial charge in [-0.15, -0.1) is 11.3 Å². The van der Waals surface area contributed by atoms with Gasteiger partial charge in [0, 0.05) is 23.8 Å². The number of benzene rings is 1. The molecule has 3 aromatic rings. The molecule has 27 heavy (non-hydrogen) atoms. The van der Waals surface area contributed by atoms with Crippen LogP contribution < -0.4 is 4.74 Å².